The Bertz CT molecular complexity index is 1280. The van der Waals surface area contributed by atoms with E-state index in [1.54, 1.807) is 25.4 Å². The van der Waals surface area contributed by atoms with Crippen molar-refractivity contribution in [3.05, 3.63) is 53.8 Å². The van der Waals surface area contributed by atoms with Gasteiger partial charge in [0.2, 0.25) is 0 Å². The van der Waals surface area contributed by atoms with Gasteiger partial charge in [-0.25, -0.2) is 4.98 Å². The highest BCUT2D eigenvalue weighted by Gasteiger charge is 2.23. The average molecular weight is 492 g/mol. The zero-order valence-electron chi connectivity index (χ0n) is 20.9. The number of allylic oxidation sites excluding steroid dienone is 1. The molecule has 1 unspecified atom stereocenters. The van der Waals surface area contributed by atoms with Crippen LogP contribution in [0.1, 0.15) is 67.8 Å². The fourth-order valence-corrected chi connectivity index (χ4v) is 4.74. The predicted molar refractivity (Wildman–Crippen MR) is 137 cm³/mol. The van der Waals surface area contributed by atoms with Crippen molar-refractivity contribution in [1.82, 2.24) is 29.8 Å². The Labute approximate surface area is 210 Å². The number of hydrogen-bond donors (Lipinski definition) is 3. The first-order valence-corrected chi connectivity index (χ1v) is 12.3. The molecule has 4 N–H and O–H groups in total. The van der Waals surface area contributed by atoms with E-state index in [-0.39, 0.29) is 23.7 Å². The number of aryl methyl sites for hydroxylation is 1. The number of aliphatic hydroxyl groups excluding tert-OH is 1. The first-order valence-electron chi connectivity index (χ1n) is 12.3. The number of nitrogens with one attached hydrogen (secondary N) is 1. The zero-order valence-corrected chi connectivity index (χ0v) is 20.9. The lowest BCUT2D eigenvalue weighted by Crippen LogP contribution is -2.36. The standard InChI is InChI=1S/C26H33N7O3/c1-4-12-32(23(36)15-34)16(2)7-9-22-24(17(3)35)25(27)33-26(31-22)19(14-30-33)18-8-10-21(29-13-18)20-6-5-11-28-20/h4,8,10,12-14,16,20,28,34H,5-7,9,11,15,27H2,1-3H3/b12-4-/t16-,20?/m1/s1. The molecule has 190 valence electrons. The van der Waals surface area contributed by atoms with Crippen molar-refractivity contribution in [3.63, 3.8) is 0 Å². The number of nitrogens with zero attached hydrogens (tertiary/aromatic N) is 5. The fraction of sp³-hybridized carbons (Fsp3) is 0.423. The molecule has 1 aliphatic heterocycles. The number of rotatable bonds is 9. The number of Topliss-reactive ketones (excluding diaryl/α,β-unsaturated/α-hetero) is 1. The number of amides is 1. The highest BCUT2D eigenvalue weighted by molar-refractivity contribution is 6.00. The summed E-state index contributed by atoms with van der Waals surface area (Å²) in [7, 11) is 0. The fourth-order valence-electron chi connectivity index (χ4n) is 4.74. The number of ketones is 1. The number of aliphatic hydroxyl groups is 1. The van der Waals surface area contributed by atoms with Gasteiger partial charge in [-0.05, 0) is 59.1 Å². The molecule has 0 aromatic carbocycles. The number of fused-ring (bicyclic) bond motifs is 1. The third-order valence-electron chi connectivity index (χ3n) is 6.63. The summed E-state index contributed by atoms with van der Waals surface area (Å²) >= 11 is 0. The lowest BCUT2D eigenvalue weighted by atomic mass is 10.0. The summed E-state index contributed by atoms with van der Waals surface area (Å²) in [6.07, 6.45) is 10.1. The molecule has 0 bridgehead atoms. The number of hydrogen-bond acceptors (Lipinski definition) is 8. The Balaban J connectivity index is 1.67. The van der Waals surface area contributed by atoms with Crippen molar-refractivity contribution in [3.8, 4) is 11.1 Å². The van der Waals surface area contributed by atoms with Gasteiger partial charge in [0.05, 0.1) is 23.1 Å². The van der Waals surface area contributed by atoms with Gasteiger partial charge in [0.15, 0.2) is 11.4 Å². The van der Waals surface area contributed by atoms with E-state index in [0.717, 1.165) is 36.2 Å². The second-order valence-corrected chi connectivity index (χ2v) is 9.12. The number of nitrogen functional groups attached to an aromatic ring is 1. The Morgan fingerprint density at radius 2 is 2.17 bits per heavy atom. The Hall–Kier alpha value is -3.63. The van der Waals surface area contributed by atoms with Gasteiger partial charge in [0.1, 0.15) is 12.4 Å². The minimum atomic E-state index is -0.576. The van der Waals surface area contributed by atoms with Crippen molar-refractivity contribution in [2.75, 3.05) is 18.9 Å². The number of anilines is 1. The van der Waals surface area contributed by atoms with Crippen LogP contribution in [-0.2, 0) is 11.2 Å². The summed E-state index contributed by atoms with van der Waals surface area (Å²) in [6, 6.07) is 4.09. The first kappa shape index (κ1) is 25.5. The summed E-state index contributed by atoms with van der Waals surface area (Å²) in [4.78, 5) is 35.6. The van der Waals surface area contributed by atoms with Gasteiger partial charge in [-0.2, -0.15) is 9.61 Å². The van der Waals surface area contributed by atoms with Gasteiger partial charge in [0, 0.05) is 35.6 Å². The number of pyridine rings is 1. The van der Waals surface area contributed by atoms with Crippen LogP contribution in [0.2, 0.25) is 0 Å². The van der Waals surface area contributed by atoms with Crippen molar-refractivity contribution in [2.24, 2.45) is 0 Å². The zero-order chi connectivity index (χ0) is 25.8. The van der Waals surface area contributed by atoms with Crippen LogP contribution in [-0.4, -0.2) is 60.5 Å². The number of carbonyl (C=O) groups is 2. The van der Waals surface area contributed by atoms with Crippen LogP contribution in [0.4, 0.5) is 5.82 Å². The third-order valence-corrected chi connectivity index (χ3v) is 6.63. The molecule has 0 saturated carbocycles. The topological polar surface area (TPSA) is 139 Å². The summed E-state index contributed by atoms with van der Waals surface area (Å²) in [5, 5.41) is 17.2. The molecule has 1 fully saturated rings. The van der Waals surface area contributed by atoms with E-state index in [9.17, 15) is 14.7 Å². The molecule has 1 aliphatic rings. The molecule has 3 aromatic heterocycles. The van der Waals surface area contributed by atoms with E-state index in [2.05, 4.69) is 15.4 Å². The van der Waals surface area contributed by atoms with Gasteiger partial charge < -0.3 is 21.1 Å². The van der Waals surface area contributed by atoms with E-state index in [0.29, 0.717) is 29.7 Å². The Kier molecular flexibility index (Phi) is 7.76. The second kappa shape index (κ2) is 11.0. The van der Waals surface area contributed by atoms with Gasteiger partial charge in [-0.3, -0.25) is 14.6 Å². The van der Waals surface area contributed by atoms with Crippen molar-refractivity contribution in [2.45, 2.75) is 58.5 Å². The lowest BCUT2D eigenvalue weighted by Gasteiger charge is -2.25. The molecule has 0 radical (unpaired) electrons. The van der Waals surface area contributed by atoms with Gasteiger partial charge >= 0.3 is 0 Å². The van der Waals surface area contributed by atoms with Crippen LogP contribution in [0.25, 0.3) is 16.8 Å². The molecule has 10 nitrogen and oxygen atoms in total. The van der Waals surface area contributed by atoms with E-state index < -0.39 is 12.5 Å². The molecule has 3 aromatic rings. The van der Waals surface area contributed by atoms with E-state index in [1.165, 1.54) is 16.3 Å². The molecule has 10 heteroatoms. The quantitative estimate of drug-likeness (QED) is 0.388. The Morgan fingerprint density at radius 1 is 1.36 bits per heavy atom. The molecule has 36 heavy (non-hydrogen) atoms. The second-order valence-electron chi connectivity index (χ2n) is 9.12. The van der Waals surface area contributed by atoms with Crippen LogP contribution in [0.15, 0.2) is 36.8 Å². The maximum Gasteiger partial charge on any atom is 0.252 e. The first-order chi connectivity index (χ1) is 17.3. The monoisotopic (exact) mass is 491 g/mol. The molecular weight excluding hydrogens is 458 g/mol. The molecule has 4 heterocycles. The summed E-state index contributed by atoms with van der Waals surface area (Å²) in [5.74, 6) is -0.358. The lowest BCUT2D eigenvalue weighted by molar-refractivity contribution is -0.133. The molecule has 1 amide bonds. The smallest absolute Gasteiger partial charge is 0.252 e. The predicted octanol–water partition coefficient (Wildman–Crippen LogP) is 2.68. The Morgan fingerprint density at radius 3 is 2.78 bits per heavy atom. The number of carbonyl (C=O) groups excluding carboxylic acids is 2. The third kappa shape index (κ3) is 5.00. The highest BCUT2D eigenvalue weighted by Crippen LogP contribution is 2.29. The van der Waals surface area contributed by atoms with Crippen molar-refractivity contribution in [1.29, 1.82) is 0 Å². The van der Waals surface area contributed by atoms with E-state index in [4.69, 9.17) is 10.7 Å². The van der Waals surface area contributed by atoms with Crippen LogP contribution in [0, 0.1) is 0 Å². The minimum Gasteiger partial charge on any atom is -0.387 e. The van der Waals surface area contributed by atoms with Crippen LogP contribution < -0.4 is 11.1 Å². The largest absolute Gasteiger partial charge is 0.387 e. The minimum absolute atomic E-state index is 0.201. The van der Waals surface area contributed by atoms with Gasteiger partial charge in [-0.15, -0.1) is 0 Å². The van der Waals surface area contributed by atoms with E-state index in [1.807, 2.05) is 25.3 Å². The normalized spacial score (nSPS) is 16.6. The molecule has 1 saturated heterocycles. The highest BCUT2D eigenvalue weighted by atomic mass is 16.3. The molecule has 0 aliphatic carbocycles. The maximum atomic E-state index is 12.5. The van der Waals surface area contributed by atoms with Crippen LogP contribution >= 0.6 is 0 Å². The van der Waals surface area contributed by atoms with Gasteiger partial charge in [0.25, 0.3) is 5.91 Å². The molecule has 2 atom stereocenters. The SMILES string of the molecule is C/C=C\N(C(=O)CO)[C@H](C)CCc1nc2c(-c3ccc(C4CCCN4)nc3)cnn2c(N)c1C(C)=O. The summed E-state index contributed by atoms with van der Waals surface area (Å²) < 4.78 is 1.49. The molecule has 0 spiro atoms. The molecule has 4 rings (SSSR count). The molecular formula is C26H33N7O3. The van der Waals surface area contributed by atoms with Crippen molar-refractivity contribution < 1.29 is 14.7 Å². The summed E-state index contributed by atoms with van der Waals surface area (Å²) in [6.45, 7) is 5.58. The summed E-state index contributed by atoms with van der Waals surface area (Å²) in [5.41, 5.74) is 10.5. The van der Waals surface area contributed by atoms with Crippen LogP contribution in [0.5, 0.6) is 0 Å². The van der Waals surface area contributed by atoms with E-state index >= 15 is 0 Å². The maximum absolute atomic E-state index is 12.5. The number of nitrogens with two attached hydrogens (primary N) is 1. The van der Waals surface area contributed by atoms with Crippen LogP contribution in [0.3, 0.4) is 0 Å². The van der Waals surface area contributed by atoms with Crippen molar-refractivity contribution >= 4 is 23.2 Å². The average Bonchev–Trinajstić information content (AvgIpc) is 3.56. The van der Waals surface area contributed by atoms with Gasteiger partial charge in [-0.1, -0.05) is 12.1 Å². The number of aromatic nitrogens is 4.